The fraction of sp³-hybridized carbons (Fsp3) is 0.370. The maximum absolute atomic E-state index is 13.3. The minimum atomic E-state index is -1.37. The van der Waals surface area contributed by atoms with Crippen molar-refractivity contribution in [1.82, 2.24) is 16.0 Å². The highest BCUT2D eigenvalue weighted by Gasteiger charge is 2.31. The number of aliphatic hydroxyl groups excluding tert-OH is 1. The Morgan fingerprint density at radius 3 is 1.82 bits per heavy atom. The lowest BCUT2D eigenvalue weighted by Gasteiger charge is -2.25. The lowest BCUT2D eigenvalue weighted by Crippen LogP contribution is -2.58. The van der Waals surface area contributed by atoms with Gasteiger partial charge in [0.05, 0.1) is 6.10 Å². The molecular formula is C27H35N5O8. The number of hydrogen-bond acceptors (Lipinski definition) is 8. The number of carboxylic acids is 1. The van der Waals surface area contributed by atoms with Gasteiger partial charge in [-0.15, -0.1) is 0 Å². The molecule has 5 atom stereocenters. The van der Waals surface area contributed by atoms with Crippen LogP contribution in [0.25, 0.3) is 0 Å². The first-order valence-corrected chi connectivity index (χ1v) is 12.5. The predicted octanol–water partition coefficient (Wildman–Crippen LogP) is -1.31. The summed E-state index contributed by atoms with van der Waals surface area (Å²) in [6.45, 7) is 1.30. The number of aliphatic hydroxyl groups is 1. The van der Waals surface area contributed by atoms with Crippen molar-refractivity contribution in [3.63, 3.8) is 0 Å². The number of aromatic hydroxyl groups is 1. The molecule has 4 amide bonds. The molecule has 0 saturated heterocycles. The largest absolute Gasteiger partial charge is 0.508 e. The molecule has 10 N–H and O–H groups in total. The van der Waals surface area contributed by atoms with E-state index in [1.807, 2.05) is 0 Å². The number of carbonyl (C=O) groups excluding carboxylic acids is 4. The van der Waals surface area contributed by atoms with Crippen LogP contribution in [0.5, 0.6) is 5.75 Å². The van der Waals surface area contributed by atoms with Crippen molar-refractivity contribution in [2.75, 3.05) is 0 Å². The first-order valence-electron chi connectivity index (χ1n) is 12.5. The van der Waals surface area contributed by atoms with E-state index in [9.17, 15) is 39.3 Å². The third-order valence-electron chi connectivity index (χ3n) is 6.04. The molecule has 0 heterocycles. The van der Waals surface area contributed by atoms with E-state index in [1.54, 1.807) is 30.3 Å². The average Bonchev–Trinajstić information content (AvgIpc) is 2.91. The van der Waals surface area contributed by atoms with Crippen molar-refractivity contribution >= 4 is 29.6 Å². The molecule has 13 heteroatoms. The summed E-state index contributed by atoms with van der Waals surface area (Å²) in [5.41, 5.74) is 12.1. The molecule has 0 spiro atoms. The first kappa shape index (κ1) is 31.7. The van der Waals surface area contributed by atoms with Crippen molar-refractivity contribution in [3.8, 4) is 5.75 Å². The molecule has 0 aliphatic rings. The maximum atomic E-state index is 13.3. The second kappa shape index (κ2) is 15.2. The molecule has 40 heavy (non-hydrogen) atoms. The third kappa shape index (κ3) is 10.3. The Morgan fingerprint density at radius 2 is 1.27 bits per heavy atom. The molecule has 0 saturated carbocycles. The van der Waals surface area contributed by atoms with Crippen LogP contribution in [0.4, 0.5) is 0 Å². The Balaban J connectivity index is 2.26. The zero-order chi connectivity index (χ0) is 29.8. The summed E-state index contributed by atoms with van der Waals surface area (Å²) < 4.78 is 0. The van der Waals surface area contributed by atoms with Crippen molar-refractivity contribution < 1.29 is 39.3 Å². The van der Waals surface area contributed by atoms with Gasteiger partial charge in [0.2, 0.25) is 23.6 Å². The third-order valence-corrected chi connectivity index (χ3v) is 6.04. The molecule has 2 aromatic rings. The Kier molecular flexibility index (Phi) is 12.0. The second-order valence-corrected chi connectivity index (χ2v) is 9.35. The Labute approximate surface area is 230 Å². The van der Waals surface area contributed by atoms with E-state index in [1.165, 1.54) is 31.2 Å². The molecule has 2 rings (SSSR count). The first-order chi connectivity index (χ1) is 18.9. The molecule has 0 radical (unpaired) electrons. The monoisotopic (exact) mass is 557 g/mol. The number of nitrogens with two attached hydrogens (primary N) is 2. The normalized spacial score (nSPS) is 14.6. The van der Waals surface area contributed by atoms with Crippen molar-refractivity contribution in [2.45, 2.75) is 62.9 Å². The molecule has 0 aliphatic carbocycles. The van der Waals surface area contributed by atoms with Gasteiger partial charge in [-0.1, -0.05) is 42.5 Å². The molecule has 0 bridgehead atoms. The zero-order valence-corrected chi connectivity index (χ0v) is 21.9. The summed E-state index contributed by atoms with van der Waals surface area (Å²) in [4.78, 5) is 62.3. The fourth-order valence-electron chi connectivity index (χ4n) is 3.71. The number of carboxylic acid groups (broad SMARTS) is 1. The molecule has 2 aromatic carbocycles. The van der Waals surface area contributed by atoms with Crippen LogP contribution in [0, 0.1) is 0 Å². The number of hydrogen-bond donors (Lipinski definition) is 8. The molecule has 216 valence electrons. The predicted molar refractivity (Wildman–Crippen MR) is 143 cm³/mol. The number of phenols is 1. The fourth-order valence-corrected chi connectivity index (χ4v) is 3.71. The van der Waals surface area contributed by atoms with E-state index in [-0.39, 0.29) is 31.4 Å². The van der Waals surface area contributed by atoms with Crippen molar-refractivity contribution in [1.29, 1.82) is 0 Å². The van der Waals surface area contributed by atoms with Crippen LogP contribution in [-0.4, -0.2) is 75.2 Å². The van der Waals surface area contributed by atoms with Crippen LogP contribution in [0.2, 0.25) is 0 Å². The highest BCUT2D eigenvalue weighted by molar-refractivity contribution is 5.94. The van der Waals surface area contributed by atoms with Gasteiger partial charge in [0.1, 0.15) is 29.9 Å². The Hall–Kier alpha value is -4.49. The van der Waals surface area contributed by atoms with E-state index in [4.69, 9.17) is 11.5 Å². The van der Waals surface area contributed by atoms with E-state index >= 15 is 0 Å². The minimum Gasteiger partial charge on any atom is -0.508 e. The summed E-state index contributed by atoms with van der Waals surface area (Å²) in [5.74, 6) is -4.60. The van der Waals surface area contributed by atoms with E-state index in [0.717, 1.165) is 0 Å². The topological polar surface area (TPSA) is 234 Å². The highest BCUT2D eigenvalue weighted by atomic mass is 16.4. The quantitative estimate of drug-likeness (QED) is 0.130. The molecule has 13 nitrogen and oxygen atoms in total. The average molecular weight is 558 g/mol. The number of rotatable bonds is 15. The standard InChI is InChI=1S/C27H35N5O8/c1-15(33)23(29)26(38)31-20(13-17-7-9-18(34)10-8-17)25(37)30-19(11-12-22(28)35)24(36)32-21(27(39)40)14-16-5-3-2-4-6-16/h2-10,15,19-21,23,33-34H,11-14,29H2,1H3,(H2,28,35)(H,30,37)(H,31,38)(H,32,36)(H,39,40). The maximum Gasteiger partial charge on any atom is 0.326 e. The molecule has 0 aliphatic heterocycles. The van der Waals surface area contributed by atoms with Gasteiger partial charge in [0, 0.05) is 19.3 Å². The van der Waals surface area contributed by atoms with Crippen LogP contribution in [0.1, 0.15) is 30.9 Å². The van der Waals surface area contributed by atoms with E-state index in [2.05, 4.69) is 16.0 Å². The number of primary amides is 1. The van der Waals surface area contributed by atoms with Crippen molar-refractivity contribution in [3.05, 3.63) is 65.7 Å². The number of nitrogens with one attached hydrogen (secondary N) is 3. The van der Waals surface area contributed by atoms with Gasteiger partial charge in [0.15, 0.2) is 0 Å². The number of phenolic OH excluding ortho intramolecular Hbond substituents is 1. The van der Waals surface area contributed by atoms with Gasteiger partial charge >= 0.3 is 5.97 Å². The van der Waals surface area contributed by atoms with Crippen LogP contribution in [-0.2, 0) is 36.8 Å². The summed E-state index contributed by atoms with van der Waals surface area (Å²) in [6, 6.07) is 9.07. The zero-order valence-electron chi connectivity index (χ0n) is 21.9. The van der Waals surface area contributed by atoms with Crippen LogP contribution < -0.4 is 27.4 Å². The minimum absolute atomic E-state index is 0.0170. The van der Waals surface area contributed by atoms with Crippen LogP contribution >= 0.6 is 0 Å². The highest BCUT2D eigenvalue weighted by Crippen LogP contribution is 2.12. The van der Waals surface area contributed by atoms with Gasteiger partial charge in [-0.2, -0.15) is 0 Å². The molecule has 0 fully saturated rings. The van der Waals surface area contributed by atoms with Gasteiger partial charge < -0.3 is 42.7 Å². The van der Waals surface area contributed by atoms with Crippen molar-refractivity contribution in [2.24, 2.45) is 11.5 Å². The SMILES string of the molecule is CC(O)C(N)C(=O)NC(Cc1ccc(O)cc1)C(=O)NC(CCC(N)=O)C(=O)NC(Cc1ccccc1)C(=O)O. The number of benzene rings is 2. The molecule has 5 unspecified atom stereocenters. The van der Waals surface area contributed by atoms with E-state index < -0.39 is 59.9 Å². The Bertz CT molecular complexity index is 1170. The number of aliphatic carboxylic acids is 1. The van der Waals surface area contributed by atoms with Gasteiger partial charge in [0.25, 0.3) is 0 Å². The summed E-state index contributed by atoms with van der Waals surface area (Å²) >= 11 is 0. The lowest BCUT2D eigenvalue weighted by molar-refractivity contribution is -0.142. The smallest absolute Gasteiger partial charge is 0.326 e. The van der Waals surface area contributed by atoms with Crippen LogP contribution in [0.3, 0.4) is 0 Å². The number of amides is 4. The van der Waals surface area contributed by atoms with Gasteiger partial charge in [-0.3, -0.25) is 19.2 Å². The van der Waals surface area contributed by atoms with E-state index in [0.29, 0.717) is 11.1 Å². The van der Waals surface area contributed by atoms with Crippen LogP contribution in [0.15, 0.2) is 54.6 Å². The molecule has 0 aromatic heterocycles. The summed E-state index contributed by atoms with van der Waals surface area (Å²) in [5, 5.41) is 36.2. The summed E-state index contributed by atoms with van der Waals surface area (Å²) in [6.07, 6.45) is -1.87. The van der Waals surface area contributed by atoms with Gasteiger partial charge in [-0.25, -0.2) is 4.79 Å². The van der Waals surface area contributed by atoms with Gasteiger partial charge in [-0.05, 0) is 36.6 Å². The Morgan fingerprint density at radius 1 is 0.775 bits per heavy atom. The number of carbonyl (C=O) groups is 5. The summed E-state index contributed by atoms with van der Waals surface area (Å²) in [7, 11) is 0. The molecular weight excluding hydrogens is 522 g/mol. The second-order valence-electron chi connectivity index (χ2n) is 9.35. The lowest BCUT2D eigenvalue weighted by atomic mass is 10.0.